The molecule has 1 unspecified atom stereocenters. The normalized spacial score (nSPS) is 16.5. The van der Waals surface area contributed by atoms with E-state index < -0.39 is 5.60 Å². The third kappa shape index (κ3) is 3.55. The van der Waals surface area contributed by atoms with Crippen molar-refractivity contribution < 1.29 is 23.4 Å². The van der Waals surface area contributed by atoms with Gasteiger partial charge in [-0.15, -0.1) is 0 Å². The molecular weight excluding hydrogens is 452 g/mol. The molecule has 0 saturated carbocycles. The second kappa shape index (κ2) is 8.68. The van der Waals surface area contributed by atoms with E-state index in [1.165, 1.54) is 0 Å². The summed E-state index contributed by atoms with van der Waals surface area (Å²) in [7, 11) is 4.99. The maximum absolute atomic E-state index is 6.93. The molecule has 0 aliphatic carbocycles. The van der Waals surface area contributed by atoms with Gasteiger partial charge in [0.25, 0.3) is 0 Å². The lowest BCUT2D eigenvalue weighted by Crippen LogP contribution is -2.35. The van der Waals surface area contributed by atoms with Crippen molar-refractivity contribution in [3.8, 4) is 23.0 Å². The Morgan fingerprint density at radius 1 is 0.750 bits per heavy atom. The Labute approximate surface area is 209 Å². The number of hydrogen-bond donors (Lipinski definition) is 0. The van der Waals surface area contributed by atoms with Crippen molar-refractivity contribution in [1.82, 2.24) is 0 Å². The van der Waals surface area contributed by atoms with E-state index in [-0.39, 0.29) is 0 Å². The molecular formula is C31H26O5. The quantitative estimate of drug-likeness (QED) is 0.259. The van der Waals surface area contributed by atoms with Gasteiger partial charge in [0.2, 0.25) is 0 Å². The number of furan rings is 1. The van der Waals surface area contributed by atoms with Gasteiger partial charge in [0.15, 0.2) is 5.60 Å². The van der Waals surface area contributed by atoms with Crippen molar-refractivity contribution in [2.75, 3.05) is 21.3 Å². The van der Waals surface area contributed by atoms with E-state index in [0.29, 0.717) is 12.2 Å². The lowest BCUT2D eigenvalue weighted by molar-refractivity contribution is 0.113. The second-order valence-electron chi connectivity index (χ2n) is 8.86. The molecule has 1 aromatic heterocycles. The van der Waals surface area contributed by atoms with Gasteiger partial charge in [-0.05, 0) is 54.1 Å². The van der Waals surface area contributed by atoms with E-state index in [0.717, 1.165) is 55.9 Å². The van der Waals surface area contributed by atoms with Crippen LogP contribution in [0.3, 0.4) is 0 Å². The molecule has 36 heavy (non-hydrogen) atoms. The molecule has 1 aliphatic rings. The fourth-order valence-corrected chi connectivity index (χ4v) is 5.06. The van der Waals surface area contributed by atoms with Gasteiger partial charge in [-0.1, -0.05) is 36.4 Å². The van der Waals surface area contributed by atoms with Crippen LogP contribution in [0.4, 0.5) is 0 Å². The molecule has 0 bridgehead atoms. The Morgan fingerprint density at radius 3 is 2.31 bits per heavy atom. The Hall–Kier alpha value is -4.38. The molecule has 4 aromatic carbocycles. The first-order valence-corrected chi connectivity index (χ1v) is 11.8. The van der Waals surface area contributed by atoms with Crippen LogP contribution in [0.25, 0.3) is 28.0 Å². The van der Waals surface area contributed by atoms with Crippen LogP contribution in [0.2, 0.25) is 0 Å². The molecule has 5 heteroatoms. The van der Waals surface area contributed by atoms with Gasteiger partial charge < -0.3 is 23.4 Å². The number of fused-ring (bicyclic) bond motifs is 5. The lowest BCUT2D eigenvalue weighted by Gasteiger charge is -2.37. The van der Waals surface area contributed by atoms with Crippen LogP contribution in [0, 0.1) is 0 Å². The first kappa shape index (κ1) is 22.1. The molecule has 0 radical (unpaired) electrons. The van der Waals surface area contributed by atoms with E-state index in [1.807, 2.05) is 60.7 Å². The van der Waals surface area contributed by atoms with Gasteiger partial charge in [0.1, 0.15) is 34.2 Å². The summed E-state index contributed by atoms with van der Waals surface area (Å²) < 4.78 is 29.6. The number of para-hydroxylation sites is 1. The first-order valence-electron chi connectivity index (χ1n) is 11.8. The van der Waals surface area contributed by atoms with Crippen LogP contribution in [0.15, 0.2) is 89.4 Å². The monoisotopic (exact) mass is 478 g/mol. The fraction of sp³-hybridized carbons (Fsp3) is 0.161. The molecule has 0 saturated heterocycles. The Balaban J connectivity index is 1.53. The predicted octanol–water partition coefficient (Wildman–Crippen LogP) is 7.16. The Morgan fingerprint density at radius 2 is 1.53 bits per heavy atom. The summed E-state index contributed by atoms with van der Waals surface area (Å²) in [6, 6.07) is 26.0. The van der Waals surface area contributed by atoms with Gasteiger partial charge in [-0.25, -0.2) is 0 Å². The van der Waals surface area contributed by atoms with Gasteiger partial charge in [-0.2, -0.15) is 0 Å². The van der Waals surface area contributed by atoms with Crippen LogP contribution in [-0.4, -0.2) is 21.3 Å². The van der Waals surface area contributed by atoms with Crippen LogP contribution >= 0.6 is 0 Å². The molecule has 0 spiro atoms. The predicted molar refractivity (Wildman–Crippen MR) is 141 cm³/mol. The van der Waals surface area contributed by atoms with E-state index in [9.17, 15) is 0 Å². The Kier molecular flexibility index (Phi) is 5.33. The molecule has 5 nitrogen and oxygen atoms in total. The zero-order valence-corrected chi connectivity index (χ0v) is 20.4. The molecule has 180 valence electrons. The number of benzene rings is 4. The average molecular weight is 479 g/mol. The molecule has 6 rings (SSSR count). The summed E-state index contributed by atoms with van der Waals surface area (Å²) in [6.07, 6.45) is 4.88. The molecule has 2 heterocycles. The van der Waals surface area contributed by atoms with Gasteiger partial charge >= 0.3 is 0 Å². The fourth-order valence-electron chi connectivity index (χ4n) is 5.06. The molecule has 5 aromatic rings. The van der Waals surface area contributed by atoms with Crippen molar-refractivity contribution in [1.29, 1.82) is 0 Å². The molecule has 1 atom stereocenters. The van der Waals surface area contributed by atoms with E-state index in [4.69, 9.17) is 23.4 Å². The highest BCUT2D eigenvalue weighted by atomic mass is 16.5. The standard InChI is InChI=1S/C31H26O5/c1-32-21-10-8-20(9-11-21)19-31(25-13-12-22(33-2)18-29(25)34-3)17-16-24-27(36-31)14-15-28-30(24)23-6-4-5-7-26(23)35-28/h4-18H,19H2,1-3H3. The third-order valence-corrected chi connectivity index (χ3v) is 6.85. The number of ether oxygens (including phenoxy) is 4. The first-order chi connectivity index (χ1) is 17.6. The van der Waals surface area contributed by atoms with E-state index in [2.05, 4.69) is 30.4 Å². The lowest BCUT2D eigenvalue weighted by atomic mass is 9.83. The summed E-state index contributed by atoms with van der Waals surface area (Å²) in [5.74, 6) is 3.03. The van der Waals surface area contributed by atoms with Crippen LogP contribution < -0.4 is 18.9 Å². The topological polar surface area (TPSA) is 50.1 Å². The minimum absolute atomic E-state index is 0.597. The maximum Gasteiger partial charge on any atom is 0.160 e. The van der Waals surface area contributed by atoms with Crippen molar-refractivity contribution in [2.24, 2.45) is 0 Å². The van der Waals surface area contributed by atoms with Crippen molar-refractivity contribution in [2.45, 2.75) is 12.0 Å². The number of hydrogen-bond acceptors (Lipinski definition) is 5. The summed E-state index contributed by atoms with van der Waals surface area (Å²) in [6.45, 7) is 0. The second-order valence-corrected chi connectivity index (χ2v) is 8.86. The SMILES string of the molecule is COc1ccc(CC2(c3ccc(OC)cc3OC)C=Cc3c(ccc4oc5ccccc5c34)O2)cc1. The smallest absolute Gasteiger partial charge is 0.160 e. The highest BCUT2D eigenvalue weighted by Crippen LogP contribution is 2.47. The molecule has 0 amide bonds. The van der Waals surface area contributed by atoms with Crippen molar-refractivity contribution in [3.05, 3.63) is 102 Å². The minimum Gasteiger partial charge on any atom is -0.497 e. The summed E-state index contributed by atoms with van der Waals surface area (Å²) in [5, 5.41) is 2.13. The van der Waals surface area contributed by atoms with Crippen molar-refractivity contribution in [3.63, 3.8) is 0 Å². The van der Waals surface area contributed by atoms with Gasteiger partial charge in [0, 0.05) is 34.4 Å². The highest BCUT2D eigenvalue weighted by Gasteiger charge is 2.38. The molecule has 0 N–H and O–H groups in total. The molecule has 1 aliphatic heterocycles. The number of rotatable bonds is 6. The van der Waals surface area contributed by atoms with Gasteiger partial charge in [0.05, 0.1) is 21.3 Å². The van der Waals surface area contributed by atoms with E-state index >= 15 is 0 Å². The van der Waals surface area contributed by atoms with Crippen molar-refractivity contribution >= 4 is 28.0 Å². The summed E-state index contributed by atoms with van der Waals surface area (Å²) in [4.78, 5) is 0. The molecule has 0 fully saturated rings. The average Bonchev–Trinajstić information content (AvgIpc) is 3.32. The minimum atomic E-state index is -0.799. The van der Waals surface area contributed by atoms with Gasteiger partial charge in [-0.3, -0.25) is 0 Å². The third-order valence-electron chi connectivity index (χ3n) is 6.85. The maximum atomic E-state index is 6.93. The Bertz CT molecular complexity index is 1600. The van der Waals surface area contributed by atoms with Crippen LogP contribution in [0.5, 0.6) is 23.0 Å². The van der Waals surface area contributed by atoms with E-state index in [1.54, 1.807) is 21.3 Å². The highest BCUT2D eigenvalue weighted by molar-refractivity contribution is 6.10. The van der Waals surface area contributed by atoms with Crippen LogP contribution in [-0.2, 0) is 12.0 Å². The van der Waals surface area contributed by atoms with Crippen LogP contribution in [0.1, 0.15) is 16.7 Å². The largest absolute Gasteiger partial charge is 0.497 e. The zero-order valence-electron chi connectivity index (χ0n) is 20.4. The summed E-state index contributed by atoms with van der Waals surface area (Å²) in [5.41, 5.74) is 3.94. The summed E-state index contributed by atoms with van der Waals surface area (Å²) >= 11 is 0. The number of methoxy groups -OCH3 is 3. The zero-order chi connectivity index (χ0) is 24.7.